The van der Waals surface area contributed by atoms with E-state index in [4.69, 9.17) is 9.72 Å². The molecule has 0 bridgehead atoms. The minimum Gasteiger partial charge on any atom is -0.379 e. The van der Waals surface area contributed by atoms with E-state index in [0.29, 0.717) is 0 Å². The number of hydrogen-bond acceptors (Lipinski definition) is 5. The van der Waals surface area contributed by atoms with Gasteiger partial charge in [-0.15, -0.1) is 0 Å². The van der Waals surface area contributed by atoms with Gasteiger partial charge in [-0.05, 0) is 37.2 Å². The minimum atomic E-state index is -1.03. The Labute approximate surface area is 173 Å². The molecule has 7 heteroatoms. The van der Waals surface area contributed by atoms with Crippen LogP contribution in [0.1, 0.15) is 12.2 Å². The second kappa shape index (κ2) is 9.43. The highest BCUT2D eigenvalue weighted by Crippen LogP contribution is 2.31. The van der Waals surface area contributed by atoms with Gasteiger partial charge in [-0.25, -0.2) is 4.98 Å². The molecule has 1 fully saturated rings. The van der Waals surface area contributed by atoms with Crippen LogP contribution in [0.25, 0.3) is 22.5 Å². The number of nitrogens with one attached hydrogen (secondary N) is 1. The molecule has 0 saturated carbocycles. The number of H-pyrrole nitrogens is 1. The Morgan fingerprint density at radius 3 is 2.69 bits per heavy atom. The van der Waals surface area contributed by atoms with Crippen LogP contribution in [0.5, 0.6) is 0 Å². The lowest BCUT2D eigenvalue weighted by Crippen LogP contribution is -2.36. The number of rotatable bonds is 7. The van der Waals surface area contributed by atoms with E-state index in [1.165, 1.54) is 0 Å². The molecular formula is C22H26N4O2S. The zero-order valence-electron chi connectivity index (χ0n) is 16.6. The normalized spacial score (nSPS) is 16.0. The first kappa shape index (κ1) is 19.9. The summed E-state index contributed by atoms with van der Waals surface area (Å²) in [6.45, 7) is 4.71. The molecule has 3 heterocycles. The third-order valence-corrected chi connectivity index (χ3v) is 6.07. The standard InChI is InChI=1S/C22H26N4O2S/c1-29(27)19-5-2-4-18(16-19)22-21(17-7-9-23-10-8-17)24-20(25-22)6-3-11-26-12-14-28-15-13-26/h2,4-5,7-10,16H,3,6,11-15H2,1H3,(H,24,25). The van der Waals surface area contributed by atoms with Gasteiger partial charge in [0.1, 0.15) is 5.82 Å². The third-order valence-electron chi connectivity index (χ3n) is 5.15. The summed E-state index contributed by atoms with van der Waals surface area (Å²) in [6.07, 6.45) is 7.20. The third kappa shape index (κ3) is 4.98. The summed E-state index contributed by atoms with van der Waals surface area (Å²) >= 11 is 0. The quantitative estimate of drug-likeness (QED) is 0.648. The Balaban J connectivity index is 1.59. The summed E-state index contributed by atoms with van der Waals surface area (Å²) < 4.78 is 17.4. The number of imidazole rings is 1. The topological polar surface area (TPSA) is 71.1 Å². The first-order valence-corrected chi connectivity index (χ1v) is 11.5. The van der Waals surface area contributed by atoms with Crippen LogP contribution in [0, 0.1) is 0 Å². The lowest BCUT2D eigenvalue weighted by Gasteiger charge is -2.26. The van der Waals surface area contributed by atoms with Gasteiger partial charge in [0.15, 0.2) is 0 Å². The van der Waals surface area contributed by atoms with Crippen LogP contribution < -0.4 is 0 Å². The van der Waals surface area contributed by atoms with Crippen molar-refractivity contribution in [2.24, 2.45) is 0 Å². The number of morpholine rings is 1. The van der Waals surface area contributed by atoms with Crippen LogP contribution in [-0.4, -0.2) is 63.2 Å². The first-order chi connectivity index (χ1) is 14.2. The van der Waals surface area contributed by atoms with Crippen molar-refractivity contribution in [3.63, 3.8) is 0 Å². The summed E-state index contributed by atoms with van der Waals surface area (Å²) in [5, 5.41) is 0. The Bertz CT molecular complexity index is 968. The zero-order chi connectivity index (χ0) is 20.1. The molecule has 1 aliphatic heterocycles. The van der Waals surface area contributed by atoms with E-state index in [2.05, 4.69) is 14.9 Å². The van der Waals surface area contributed by atoms with Crippen molar-refractivity contribution in [2.45, 2.75) is 17.7 Å². The molecule has 0 spiro atoms. The molecule has 0 amide bonds. The Hall–Kier alpha value is -2.35. The monoisotopic (exact) mass is 410 g/mol. The maximum absolute atomic E-state index is 11.9. The highest BCUT2D eigenvalue weighted by atomic mass is 32.2. The average Bonchev–Trinajstić information content (AvgIpc) is 3.19. The zero-order valence-corrected chi connectivity index (χ0v) is 17.5. The van der Waals surface area contributed by atoms with Crippen molar-refractivity contribution in [1.82, 2.24) is 19.9 Å². The maximum Gasteiger partial charge on any atom is 0.107 e. The molecule has 0 aliphatic carbocycles. The number of hydrogen-bond donors (Lipinski definition) is 1. The van der Waals surface area contributed by atoms with E-state index in [0.717, 1.165) is 78.9 Å². The van der Waals surface area contributed by atoms with E-state index in [-0.39, 0.29) is 0 Å². The molecule has 2 aromatic heterocycles. The van der Waals surface area contributed by atoms with Crippen LogP contribution in [0.4, 0.5) is 0 Å². The summed E-state index contributed by atoms with van der Waals surface area (Å²) in [7, 11) is -1.03. The van der Waals surface area contributed by atoms with Crippen LogP contribution >= 0.6 is 0 Å². The van der Waals surface area contributed by atoms with E-state index in [9.17, 15) is 4.21 Å². The summed E-state index contributed by atoms with van der Waals surface area (Å²) in [5.41, 5.74) is 3.89. The minimum absolute atomic E-state index is 0.806. The van der Waals surface area contributed by atoms with Gasteiger partial charge in [0, 0.05) is 65.0 Å². The van der Waals surface area contributed by atoms with Crippen molar-refractivity contribution in [3.8, 4) is 22.5 Å². The van der Waals surface area contributed by atoms with E-state index >= 15 is 0 Å². The average molecular weight is 411 g/mol. The SMILES string of the molecule is CS(=O)c1cccc(-c2nc(CCCN3CCOCC3)[nH]c2-c2ccncc2)c1. The molecule has 1 saturated heterocycles. The van der Waals surface area contributed by atoms with Crippen molar-refractivity contribution < 1.29 is 8.95 Å². The predicted octanol–water partition coefficient (Wildman–Crippen LogP) is 3.14. The number of aromatic nitrogens is 3. The van der Waals surface area contributed by atoms with Crippen molar-refractivity contribution in [1.29, 1.82) is 0 Å². The molecule has 1 aliphatic rings. The second-order valence-corrected chi connectivity index (χ2v) is 8.56. The van der Waals surface area contributed by atoms with Crippen LogP contribution in [0.3, 0.4) is 0 Å². The molecule has 6 nitrogen and oxygen atoms in total. The number of benzene rings is 1. The van der Waals surface area contributed by atoms with Gasteiger partial charge in [-0.1, -0.05) is 12.1 Å². The number of nitrogens with zero attached hydrogens (tertiary/aromatic N) is 3. The largest absolute Gasteiger partial charge is 0.379 e. The van der Waals surface area contributed by atoms with Gasteiger partial charge in [0.05, 0.1) is 24.6 Å². The first-order valence-electron chi connectivity index (χ1n) is 9.94. The predicted molar refractivity (Wildman–Crippen MR) is 115 cm³/mol. The molecule has 0 radical (unpaired) electrons. The molecule has 29 heavy (non-hydrogen) atoms. The number of aryl methyl sites for hydroxylation is 1. The summed E-state index contributed by atoms with van der Waals surface area (Å²) in [6, 6.07) is 11.8. The fraction of sp³-hybridized carbons (Fsp3) is 0.364. The van der Waals surface area contributed by atoms with Gasteiger partial charge in [-0.2, -0.15) is 0 Å². The van der Waals surface area contributed by atoms with Gasteiger partial charge in [0.25, 0.3) is 0 Å². The van der Waals surface area contributed by atoms with Crippen LogP contribution in [0.2, 0.25) is 0 Å². The van der Waals surface area contributed by atoms with Gasteiger partial charge in [-0.3, -0.25) is 14.1 Å². The van der Waals surface area contributed by atoms with Crippen molar-refractivity contribution in [2.75, 3.05) is 39.1 Å². The Kier molecular flexibility index (Phi) is 6.49. The molecule has 4 rings (SSSR count). The lowest BCUT2D eigenvalue weighted by atomic mass is 10.1. The molecule has 1 atom stereocenters. The summed E-state index contributed by atoms with van der Waals surface area (Å²) in [4.78, 5) is 15.8. The van der Waals surface area contributed by atoms with Crippen molar-refractivity contribution in [3.05, 3.63) is 54.6 Å². The summed E-state index contributed by atoms with van der Waals surface area (Å²) in [5.74, 6) is 0.975. The fourth-order valence-electron chi connectivity index (χ4n) is 3.59. The van der Waals surface area contributed by atoms with Crippen molar-refractivity contribution >= 4 is 10.8 Å². The smallest absolute Gasteiger partial charge is 0.107 e. The molecule has 1 unspecified atom stereocenters. The fourth-order valence-corrected chi connectivity index (χ4v) is 4.16. The highest BCUT2D eigenvalue weighted by Gasteiger charge is 2.16. The van der Waals surface area contributed by atoms with Crippen LogP contribution in [-0.2, 0) is 22.0 Å². The van der Waals surface area contributed by atoms with E-state index in [1.807, 2.05) is 36.4 Å². The number of pyridine rings is 1. The van der Waals surface area contributed by atoms with E-state index < -0.39 is 10.8 Å². The van der Waals surface area contributed by atoms with Gasteiger partial charge < -0.3 is 9.72 Å². The second-order valence-electron chi connectivity index (χ2n) is 7.18. The molecule has 1 N–H and O–H groups in total. The number of ether oxygens (including phenoxy) is 1. The lowest BCUT2D eigenvalue weighted by molar-refractivity contribution is 0.0374. The van der Waals surface area contributed by atoms with Crippen LogP contribution in [0.15, 0.2) is 53.7 Å². The Morgan fingerprint density at radius 1 is 1.14 bits per heavy atom. The van der Waals surface area contributed by atoms with Gasteiger partial charge >= 0.3 is 0 Å². The maximum atomic E-state index is 11.9. The van der Waals surface area contributed by atoms with Gasteiger partial charge in [0.2, 0.25) is 0 Å². The molecule has 152 valence electrons. The molecule has 1 aromatic carbocycles. The molecular weight excluding hydrogens is 384 g/mol. The molecule has 3 aromatic rings. The van der Waals surface area contributed by atoms with E-state index in [1.54, 1.807) is 18.6 Å². The number of aromatic amines is 1. The highest BCUT2D eigenvalue weighted by molar-refractivity contribution is 7.84. The Morgan fingerprint density at radius 2 is 1.93 bits per heavy atom.